The summed E-state index contributed by atoms with van der Waals surface area (Å²) in [6.45, 7) is 0.935. The van der Waals surface area contributed by atoms with Gasteiger partial charge in [0.05, 0.1) is 11.1 Å². The smallest absolute Gasteiger partial charge is 0.0938 e. The molecule has 0 N–H and O–H groups in total. The molecule has 0 saturated carbocycles. The van der Waals surface area contributed by atoms with Gasteiger partial charge in [-0.15, -0.1) is 11.3 Å². The highest BCUT2D eigenvalue weighted by Gasteiger charge is 2.02. The van der Waals surface area contributed by atoms with Crippen LogP contribution >= 0.6 is 11.3 Å². The van der Waals surface area contributed by atoms with Crippen molar-refractivity contribution in [3.8, 4) is 6.07 Å². The van der Waals surface area contributed by atoms with Crippen molar-refractivity contribution in [2.24, 2.45) is 0 Å². The molecule has 0 saturated heterocycles. The van der Waals surface area contributed by atoms with Crippen molar-refractivity contribution in [1.29, 1.82) is 5.26 Å². The Morgan fingerprint density at radius 1 is 1.62 bits per heavy atom. The van der Waals surface area contributed by atoms with Crippen molar-refractivity contribution >= 4 is 11.3 Å². The van der Waals surface area contributed by atoms with Gasteiger partial charge >= 0.3 is 0 Å². The van der Waals surface area contributed by atoms with Crippen molar-refractivity contribution in [1.82, 2.24) is 9.88 Å². The van der Waals surface area contributed by atoms with Crippen LogP contribution in [-0.2, 0) is 13.0 Å². The summed E-state index contributed by atoms with van der Waals surface area (Å²) >= 11 is 1.70. The molecule has 70 valence electrons. The number of hydrogen-bond donors (Lipinski definition) is 0. The quantitative estimate of drug-likeness (QED) is 0.733. The molecule has 0 aromatic carbocycles. The van der Waals surface area contributed by atoms with Crippen LogP contribution in [0.2, 0.25) is 0 Å². The molecule has 0 bridgehead atoms. The molecule has 0 unspecified atom stereocenters. The number of rotatable bonds is 4. The number of aryl methyl sites for hydroxylation is 1. The highest BCUT2D eigenvalue weighted by Crippen LogP contribution is 2.15. The summed E-state index contributed by atoms with van der Waals surface area (Å²) in [5.41, 5.74) is 0. The second-order valence-corrected chi connectivity index (χ2v) is 4.32. The molecule has 0 fully saturated rings. The Bertz CT molecular complexity index is 298. The molecule has 1 heterocycles. The molecular weight excluding hydrogens is 182 g/mol. The summed E-state index contributed by atoms with van der Waals surface area (Å²) in [6, 6.07) is 2.12. The number of nitriles is 1. The highest BCUT2D eigenvalue weighted by atomic mass is 32.1. The van der Waals surface area contributed by atoms with Gasteiger partial charge in [-0.1, -0.05) is 0 Å². The van der Waals surface area contributed by atoms with Gasteiger partial charge in [0.2, 0.25) is 0 Å². The van der Waals surface area contributed by atoms with E-state index < -0.39 is 0 Å². The zero-order chi connectivity index (χ0) is 9.68. The Morgan fingerprint density at radius 3 is 3.00 bits per heavy atom. The highest BCUT2D eigenvalue weighted by molar-refractivity contribution is 7.11. The Kier molecular flexibility index (Phi) is 3.87. The maximum absolute atomic E-state index is 8.40. The van der Waals surface area contributed by atoms with E-state index in [1.807, 2.05) is 20.3 Å². The molecule has 0 amide bonds. The average molecular weight is 195 g/mol. The number of thiazole rings is 1. The lowest BCUT2D eigenvalue weighted by molar-refractivity contribution is 0.406. The summed E-state index contributed by atoms with van der Waals surface area (Å²) < 4.78 is 0. The van der Waals surface area contributed by atoms with Crippen LogP contribution in [0.1, 0.15) is 16.3 Å². The van der Waals surface area contributed by atoms with Gasteiger partial charge in [-0.2, -0.15) is 5.26 Å². The standard InChI is InChI=1S/C9H13N3S/c1-12(2)7-8-6-11-9(13-8)4-3-5-10/h6H,3-4,7H2,1-2H3. The van der Waals surface area contributed by atoms with E-state index in [-0.39, 0.29) is 0 Å². The molecule has 0 radical (unpaired) electrons. The van der Waals surface area contributed by atoms with Crippen LogP contribution in [0, 0.1) is 11.3 Å². The first kappa shape index (κ1) is 10.2. The SMILES string of the molecule is CN(C)Cc1cnc(CCC#N)s1. The van der Waals surface area contributed by atoms with Crippen LogP contribution in [0.25, 0.3) is 0 Å². The number of aromatic nitrogens is 1. The van der Waals surface area contributed by atoms with E-state index in [0.29, 0.717) is 6.42 Å². The molecule has 0 spiro atoms. The van der Waals surface area contributed by atoms with Gasteiger partial charge < -0.3 is 4.90 Å². The fourth-order valence-electron chi connectivity index (χ4n) is 1.01. The molecular formula is C9H13N3S. The maximum Gasteiger partial charge on any atom is 0.0938 e. The second kappa shape index (κ2) is 4.95. The normalized spacial score (nSPS) is 10.3. The van der Waals surface area contributed by atoms with E-state index in [0.717, 1.165) is 18.0 Å². The third-order valence-corrected chi connectivity index (χ3v) is 2.57. The molecule has 3 nitrogen and oxygen atoms in total. The van der Waals surface area contributed by atoms with Gasteiger partial charge in [-0.25, -0.2) is 4.98 Å². The molecule has 13 heavy (non-hydrogen) atoms. The van der Waals surface area contributed by atoms with Crippen molar-refractivity contribution in [3.63, 3.8) is 0 Å². The predicted molar refractivity (Wildman–Crippen MR) is 53.4 cm³/mol. The maximum atomic E-state index is 8.40. The first-order valence-electron chi connectivity index (χ1n) is 4.17. The molecule has 0 aliphatic rings. The summed E-state index contributed by atoms with van der Waals surface area (Å²) in [5.74, 6) is 0. The van der Waals surface area contributed by atoms with Crippen molar-refractivity contribution in [3.05, 3.63) is 16.1 Å². The van der Waals surface area contributed by atoms with Crippen LogP contribution in [0.15, 0.2) is 6.20 Å². The lowest BCUT2D eigenvalue weighted by atomic mass is 10.3. The molecule has 1 aromatic rings. The van der Waals surface area contributed by atoms with Crippen LogP contribution in [0.3, 0.4) is 0 Å². The zero-order valence-corrected chi connectivity index (χ0v) is 8.77. The summed E-state index contributed by atoms with van der Waals surface area (Å²) in [7, 11) is 4.07. The summed E-state index contributed by atoms with van der Waals surface area (Å²) in [6.07, 6.45) is 3.25. The topological polar surface area (TPSA) is 39.9 Å². The Labute approximate surface area is 82.6 Å². The molecule has 1 aromatic heterocycles. The van der Waals surface area contributed by atoms with Crippen molar-refractivity contribution < 1.29 is 0 Å². The fourth-order valence-corrected chi connectivity index (χ4v) is 2.05. The van der Waals surface area contributed by atoms with Crippen molar-refractivity contribution in [2.45, 2.75) is 19.4 Å². The Hall–Kier alpha value is -0.920. The lowest BCUT2D eigenvalue weighted by Crippen LogP contribution is -2.09. The van der Waals surface area contributed by atoms with Gasteiger partial charge in [0, 0.05) is 30.5 Å². The van der Waals surface area contributed by atoms with E-state index in [9.17, 15) is 0 Å². The van der Waals surface area contributed by atoms with Crippen LogP contribution < -0.4 is 0 Å². The monoisotopic (exact) mass is 195 g/mol. The third kappa shape index (κ3) is 3.53. The summed E-state index contributed by atoms with van der Waals surface area (Å²) in [4.78, 5) is 7.62. The minimum absolute atomic E-state index is 0.564. The van der Waals surface area contributed by atoms with Crippen molar-refractivity contribution in [2.75, 3.05) is 14.1 Å². The predicted octanol–water partition coefficient (Wildman–Crippen LogP) is 1.66. The average Bonchev–Trinajstić information content (AvgIpc) is 2.48. The van der Waals surface area contributed by atoms with Gasteiger partial charge in [0.1, 0.15) is 0 Å². The van der Waals surface area contributed by atoms with E-state index in [2.05, 4.69) is 16.0 Å². The largest absolute Gasteiger partial charge is 0.304 e. The Balaban J connectivity index is 2.49. The minimum atomic E-state index is 0.564. The van der Waals surface area contributed by atoms with Gasteiger partial charge in [0.15, 0.2) is 0 Å². The van der Waals surface area contributed by atoms with Gasteiger partial charge in [-0.3, -0.25) is 0 Å². The van der Waals surface area contributed by atoms with E-state index in [4.69, 9.17) is 5.26 Å². The number of hydrogen-bond acceptors (Lipinski definition) is 4. The van der Waals surface area contributed by atoms with Crippen LogP contribution in [-0.4, -0.2) is 24.0 Å². The molecule has 1 rings (SSSR count). The Morgan fingerprint density at radius 2 is 2.38 bits per heavy atom. The summed E-state index contributed by atoms with van der Waals surface area (Å²) in [5, 5.41) is 9.47. The lowest BCUT2D eigenvalue weighted by Gasteiger charge is -2.05. The first-order valence-corrected chi connectivity index (χ1v) is 4.99. The molecule has 0 atom stereocenters. The second-order valence-electron chi connectivity index (χ2n) is 3.12. The minimum Gasteiger partial charge on any atom is -0.304 e. The van der Waals surface area contributed by atoms with E-state index in [1.165, 1.54) is 4.88 Å². The number of nitrogens with zero attached hydrogens (tertiary/aromatic N) is 3. The molecule has 0 aliphatic carbocycles. The zero-order valence-electron chi connectivity index (χ0n) is 7.95. The molecule has 0 aliphatic heterocycles. The van der Waals surface area contributed by atoms with Crippen LogP contribution in [0.4, 0.5) is 0 Å². The fraction of sp³-hybridized carbons (Fsp3) is 0.556. The van der Waals surface area contributed by atoms with Crippen LogP contribution in [0.5, 0.6) is 0 Å². The van der Waals surface area contributed by atoms with Gasteiger partial charge in [-0.05, 0) is 14.1 Å². The van der Waals surface area contributed by atoms with E-state index in [1.54, 1.807) is 11.3 Å². The van der Waals surface area contributed by atoms with Gasteiger partial charge in [0.25, 0.3) is 0 Å². The third-order valence-electron chi connectivity index (χ3n) is 1.52. The van der Waals surface area contributed by atoms with E-state index >= 15 is 0 Å². The molecule has 4 heteroatoms. The first-order chi connectivity index (χ1) is 6.22.